The number of thiol groups is 1. The predicted molar refractivity (Wildman–Crippen MR) is 57.6 cm³/mol. The molecule has 0 aliphatic heterocycles. The van der Waals surface area contributed by atoms with Crippen LogP contribution in [0.2, 0.25) is 0 Å². The van der Waals surface area contributed by atoms with E-state index in [4.69, 9.17) is 12.2 Å². The Kier molecular flexibility index (Phi) is 3.72. The van der Waals surface area contributed by atoms with Gasteiger partial charge in [-0.1, -0.05) is 42.5 Å². The summed E-state index contributed by atoms with van der Waals surface area (Å²) in [6.45, 7) is 0. The van der Waals surface area contributed by atoms with E-state index in [1.54, 1.807) is 0 Å². The summed E-state index contributed by atoms with van der Waals surface area (Å²) in [4.78, 5) is 0. The van der Waals surface area contributed by atoms with Gasteiger partial charge in [0.1, 0.15) is 0 Å². The van der Waals surface area contributed by atoms with Crippen LogP contribution in [-0.2, 0) is 0 Å². The van der Waals surface area contributed by atoms with Crippen LogP contribution >= 0.6 is 24.8 Å². The van der Waals surface area contributed by atoms with Gasteiger partial charge in [0.05, 0.1) is 6.10 Å². The monoisotopic (exact) mass is 198 g/mol. The largest absolute Gasteiger partial charge is 0.388 e. The van der Waals surface area contributed by atoms with E-state index in [2.05, 4.69) is 12.6 Å². The number of rotatable bonds is 3. The lowest BCUT2D eigenvalue weighted by atomic mass is 10.1. The molecule has 0 aliphatic carbocycles. The Labute approximate surface area is 82.8 Å². The van der Waals surface area contributed by atoms with Crippen LogP contribution in [0.3, 0.4) is 0 Å². The molecular weight excluding hydrogens is 188 g/mol. The second-order valence-corrected chi connectivity index (χ2v) is 3.86. The Morgan fingerprint density at radius 3 is 2.50 bits per heavy atom. The van der Waals surface area contributed by atoms with E-state index in [1.807, 2.05) is 30.3 Å². The minimum atomic E-state index is -0.517. The highest BCUT2D eigenvalue weighted by Crippen LogP contribution is 2.17. The lowest BCUT2D eigenvalue weighted by Gasteiger charge is -2.08. The standard InChI is InChI=1S/C9H10OS2/c10-8(6-9(11)12)7-4-2-1-3-5-7/h1-5,8,10H,6H2,(H,11,12)/t8-/m1/s1. The minimum absolute atomic E-state index is 0.433. The van der Waals surface area contributed by atoms with E-state index in [0.717, 1.165) is 5.56 Å². The van der Waals surface area contributed by atoms with Crippen LogP contribution in [0.25, 0.3) is 0 Å². The number of aliphatic hydroxyl groups excluding tert-OH is 1. The first-order chi connectivity index (χ1) is 5.70. The minimum Gasteiger partial charge on any atom is -0.388 e. The Balaban J connectivity index is 2.65. The highest BCUT2D eigenvalue weighted by atomic mass is 32.1. The van der Waals surface area contributed by atoms with E-state index in [-0.39, 0.29) is 0 Å². The third-order valence-corrected chi connectivity index (χ3v) is 1.90. The molecule has 1 atom stereocenters. The van der Waals surface area contributed by atoms with E-state index in [1.165, 1.54) is 0 Å². The molecule has 3 heteroatoms. The first-order valence-corrected chi connectivity index (χ1v) is 4.50. The molecule has 0 heterocycles. The quantitative estimate of drug-likeness (QED) is 0.574. The summed E-state index contributed by atoms with van der Waals surface area (Å²) in [6.07, 6.45) is -0.0844. The van der Waals surface area contributed by atoms with Crippen molar-refractivity contribution in [1.82, 2.24) is 0 Å². The number of benzene rings is 1. The summed E-state index contributed by atoms with van der Waals surface area (Å²) in [6, 6.07) is 9.43. The van der Waals surface area contributed by atoms with Crippen molar-refractivity contribution in [1.29, 1.82) is 0 Å². The van der Waals surface area contributed by atoms with Crippen molar-refractivity contribution in [3.8, 4) is 0 Å². The zero-order valence-electron chi connectivity index (χ0n) is 6.47. The number of hydrogen-bond acceptors (Lipinski definition) is 2. The molecule has 0 aromatic heterocycles. The summed E-state index contributed by atoms with van der Waals surface area (Å²) >= 11 is 8.74. The molecule has 0 aliphatic rings. The van der Waals surface area contributed by atoms with Crippen LogP contribution in [0, 0.1) is 0 Å². The van der Waals surface area contributed by atoms with Crippen molar-refractivity contribution in [3.05, 3.63) is 35.9 Å². The Morgan fingerprint density at radius 1 is 1.42 bits per heavy atom. The van der Waals surface area contributed by atoms with Crippen LogP contribution in [0.15, 0.2) is 30.3 Å². The average Bonchev–Trinajstić information content (AvgIpc) is 2.05. The molecular formula is C9H10OS2. The lowest BCUT2D eigenvalue weighted by Crippen LogP contribution is -1.99. The maximum absolute atomic E-state index is 9.55. The zero-order valence-corrected chi connectivity index (χ0v) is 8.18. The summed E-state index contributed by atoms with van der Waals surface area (Å²) in [5.74, 6) is 0. The predicted octanol–water partition coefficient (Wildman–Crippen LogP) is 2.37. The molecule has 1 nitrogen and oxygen atoms in total. The molecule has 1 N–H and O–H groups in total. The van der Waals surface area contributed by atoms with E-state index < -0.39 is 6.10 Å². The van der Waals surface area contributed by atoms with Crippen molar-refractivity contribution in [2.24, 2.45) is 0 Å². The van der Waals surface area contributed by atoms with Crippen molar-refractivity contribution in [2.75, 3.05) is 0 Å². The molecule has 0 saturated carbocycles. The number of aliphatic hydroxyl groups is 1. The highest BCUT2D eigenvalue weighted by molar-refractivity contribution is 8.11. The van der Waals surface area contributed by atoms with Crippen LogP contribution in [-0.4, -0.2) is 9.30 Å². The molecule has 1 aromatic rings. The van der Waals surface area contributed by atoms with Gasteiger partial charge in [-0.05, 0) is 5.56 Å². The normalized spacial score (nSPS) is 12.5. The van der Waals surface area contributed by atoms with E-state index >= 15 is 0 Å². The average molecular weight is 198 g/mol. The van der Waals surface area contributed by atoms with Gasteiger partial charge in [-0.2, -0.15) is 0 Å². The molecule has 1 rings (SSSR count). The Hall–Kier alpha value is -0.380. The molecule has 0 amide bonds. The van der Waals surface area contributed by atoms with Gasteiger partial charge < -0.3 is 5.11 Å². The van der Waals surface area contributed by atoms with Crippen LogP contribution in [0.4, 0.5) is 0 Å². The lowest BCUT2D eigenvalue weighted by molar-refractivity contribution is 0.187. The number of thiocarbonyl (C=S) groups is 1. The first kappa shape index (κ1) is 9.71. The van der Waals surface area contributed by atoms with Gasteiger partial charge >= 0.3 is 0 Å². The van der Waals surface area contributed by atoms with Gasteiger partial charge in [-0.25, -0.2) is 0 Å². The third kappa shape index (κ3) is 2.93. The van der Waals surface area contributed by atoms with Crippen molar-refractivity contribution in [2.45, 2.75) is 12.5 Å². The van der Waals surface area contributed by atoms with Crippen LogP contribution in [0.5, 0.6) is 0 Å². The van der Waals surface area contributed by atoms with Gasteiger partial charge in [0.25, 0.3) is 0 Å². The highest BCUT2D eigenvalue weighted by Gasteiger charge is 2.06. The second-order valence-electron chi connectivity index (χ2n) is 2.52. The summed E-state index contributed by atoms with van der Waals surface area (Å²) < 4.78 is 0.534. The summed E-state index contributed by atoms with van der Waals surface area (Å²) in [7, 11) is 0. The molecule has 0 saturated heterocycles. The fourth-order valence-corrected chi connectivity index (χ4v) is 1.29. The van der Waals surface area contributed by atoms with Crippen LogP contribution in [0.1, 0.15) is 18.1 Å². The van der Waals surface area contributed by atoms with Gasteiger partial charge in [0.15, 0.2) is 0 Å². The maximum atomic E-state index is 9.55. The third-order valence-electron chi connectivity index (χ3n) is 1.55. The summed E-state index contributed by atoms with van der Waals surface area (Å²) in [5.41, 5.74) is 0.883. The smallest absolute Gasteiger partial charge is 0.0843 e. The van der Waals surface area contributed by atoms with E-state index in [9.17, 15) is 5.11 Å². The van der Waals surface area contributed by atoms with Crippen LogP contribution < -0.4 is 0 Å². The SMILES string of the molecule is O[C@H](CC(=S)S)c1ccccc1. The molecule has 0 spiro atoms. The molecule has 12 heavy (non-hydrogen) atoms. The summed E-state index contributed by atoms with van der Waals surface area (Å²) in [5, 5.41) is 9.55. The Morgan fingerprint density at radius 2 is 2.00 bits per heavy atom. The van der Waals surface area contributed by atoms with E-state index in [0.29, 0.717) is 10.6 Å². The Bertz CT molecular complexity index is 258. The van der Waals surface area contributed by atoms with Gasteiger partial charge in [-0.15, -0.1) is 12.6 Å². The van der Waals surface area contributed by atoms with Gasteiger partial charge in [0, 0.05) is 10.6 Å². The van der Waals surface area contributed by atoms with Crippen molar-refractivity contribution >= 4 is 29.0 Å². The molecule has 0 bridgehead atoms. The fraction of sp³-hybridized carbons (Fsp3) is 0.222. The van der Waals surface area contributed by atoms with Gasteiger partial charge in [-0.3, -0.25) is 0 Å². The van der Waals surface area contributed by atoms with Crippen molar-refractivity contribution < 1.29 is 5.11 Å². The number of hydrogen-bond donors (Lipinski definition) is 2. The molecule has 0 fully saturated rings. The molecule has 1 aromatic carbocycles. The zero-order chi connectivity index (χ0) is 8.97. The first-order valence-electron chi connectivity index (χ1n) is 3.65. The fourth-order valence-electron chi connectivity index (χ4n) is 0.958. The van der Waals surface area contributed by atoms with Crippen molar-refractivity contribution in [3.63, 3.8) is 0 Å². The maximum Gasteiger partial charge on any atom is 0.0843 e. The molecule has 0 unspecified atom stereocenters. The second kappa shape index (κ2) is 4.60. The molecule has 0 radical (unpaired) electrons. The van der Waals surface area contributed by atoms with Gasteiger partial charge in [0.2, 0.25) is 0 Å². The topological polar surface area (TPSA) is 20.2 Å². The molecule has 64 valence electrons.